The summed E-state index contributed by atoms with van der Waals surface area (Å²) in [5.41, 5.74) is 5.74. The summed E-state index contributed by atoms with van der Waals surface area (Å²) in [7, 11) is 0. The summed E-state index contributed by atoms with van der Waals surface area (Å²) in [5, 5.41) is 1.34. The van der Waals surface area contributed by atoms with Gasteiger partial charge in [-0.1, -0.05) is 29.3 Å². The van der Waals surface area contributed by atoms with Crippen LogP contribution in [0.5, 0.6) is 0 Å². The molecule has 21 heavy (non-hydrogen) atoms. The predicted octanol–water partition coefficient (Wildman–Crippen LogP) is 5.32. The van der Waals surface area contributed by atoms with Gasteiger partial charge in [0.2, 0.25) is 0 Å². The van der Waals surface area contributed by atoms with E-state index in [-0.39, 0.29) is 0 Å². The summed E-state index contributed by atoms with van der Waals surface area (Å²) in [6.45, 7) is 6.95. The van der Waals surface area contributed by atoms with Crippen LogP contribution in [0.15, 0.2) is 30.3 Å². The number of fused-ring (bicyclic) bond motifs is 1. The molecule has 108 valence electrons. The van der Waals surface area contributed by atoms with E-state index in [2.05, 4.69) is 35.5 Å². The first kappa shape index (κ1) is 14.4. The Labute approximate surface area is 134 Å². The van der Waals surface area contributed by atoms with Gasteiger partial charge in [0.25, 0.3) is 0 Å². The highest BCUT2D eigenvalue weighted by atomic mass is 35.5. The summed E-state index contributed by atoms with van der Waals surface area (Å²) in [6, 6.07) is 9.94. The molecular weight excluding hydrogens is 303 g/mol. The van der Waals surface area contributed by atoms with Crippen molar-refractivity contribution in [2.45, 2.75) is 27.3 Å². The van der Waals surface area contributed by atoms with Gasteiger partial charge in [0.05, 0.1) is 17.6 Å². The molecule has 0 radical (unpaired) electrons. The van der Waals surface area contributed by atoms with Gasteiger partial charge in [0, 0.05) is 10.0 Å². The summed E-state index contributed by atoms with van der Waals surface area (Å²) >= 11 is 12.2. The highest BCUT2D eigenvalue weighted by Crippen LogP contribution is 2.25. The second kappa shape index (κ2) is 5.36. The van der Waals surface area contributed by atoms with Gasteiger partial charge in [-0.15, -0.1) is 0 Å². The molecule has 0 unspecified atom stereocenters. The lowest BCUT2D eigenvalue weighted by Crippen LogP contribution is -2.02. The smallest absolute Gasteiger partial charge is 0.107 e. The number of benzene rings is 2. The molecule has 0 spiro atoms. The second-order valence-corrected chi connectivity index (χ2v) is 6.25. The predicted molar refractivity (Wildman–Crippen MR) is 89.5 cm³/mol. The molecule has 3 aromatic rings. The van der Waals surface area contributed by atoms with Crippen LogP contribution in [-0.2, 0) is 6.54 Å². The van der Waals surface area contributed by atoms with E-state index in [1.54, 1.807) is 6.07 Å². The maximum Gasteiger partial charge on any atom is 0.107 e. The van der Waals surface area contributed by atoms with Crippen LogP contribution in [-0.4, -0.2) is 9.55 Å². The van der Waals surface area contributed by atoms with E-state index in [9.17, 15) is 0 Å². The summed E-state index contributed by atoms with van der Waals surface area (Å²) < 4.78 is 2.19. The topological polar surface area (TPSA) is 17.8 Å². The molecule has 0 bridgehead atoms. The Morgan fingerprint density at radius 3 is 2.43 bits per heavy atom. The number of hydrogen-bond acceptors (Lipinski definition) is 1. The monoisotopic (exact) mass is 318 g/mol. The lowest BCUT2D eigenvalue weighted by atomic mass is 10.1. The Kier molecular flexibility index (Phi) is 3.68. The van der Waals surface area contributed by atoms with Crippen molar-refractivity contribution in [3.8, 4) is 0 Å². The molecule has 0 aliphatic heterocycles. The molecule has 0 N–H and O–H groups in total. The van der Waals surface area contributed by atoms with Crippen molar-refractivity contribution in [3.05, 3.63) is 62.9 Å². The average molecular weight is 319 g/mol. The van der Waals surface area contributed by atoms with Gasteiger partial charge in [-0.2, -0.15) is 0 Å². The molecule has 0 aliphatic rings. The van der Waals surface area contributed by atoms with Crippen molar-refractivity contribution in [1.82, 2.24) is 9.55 Å². The van der Waals surface area contributed by atoms with E-state index < -0.39 is 0 Å². The van der Waals surface area contributed by atoms with Gasteiger partial charge >= 0.3 is 0 Å². The van der Waals surface area contributed by atoms with Crippen molar-refractivity contribution in [2.24, 2.45) is 0 Å². The Hall–Kier alpha value is -1.51. The molecular formula is C17H16Cl2N2. The molecule has 1 heterocycles. The SMILES string of the molecule is Cc1cc2nc(C)n(Cc3ccc(Cl)cc3Cl)c2cc1C. The zero-order chi connectivity index (χ0) is 15.1. The third kappa shape index (κ3) is 2.66. The molecule has 0 aliphatic carbocycles. The molecule has 4 heteroatoms. The minimum atomic E-state index is 0.655. The quantitative estimate of drug-likeness (QED) is 0.625. The van der Waals surface area contributed by atoms with Crippen LogP contribution in [0, 0.1) is 20.8 Å². The largest absolute Gasteiger partial charge is 0.324 e. The third-order valence-electron chi connectivity index (χ3n) is 3.90. The number of imidazole rings is 1. The summed E-state index contributed by atoms with van der Waals surface area (Å²) in [5.74, 6) is 0.987. The lowest BCUT2D eigenvalue weighted by Gasteiger charge is -2.10. The Morgan fingerprint density at radius 2 is 1.71 bits per heavy atom. The average Bonchev–Trinajstić information content (AvgIpc) is 2.69. The number of aromatic nitrogens is 2. The standard InChI is InChI=1S/C17H16Cl2N2/c1-10-6-16-17(7-11(10)2)21(12(3)20-16)9-13-4-5-14(18)8-15(13)19/h4-8H,9H2,1-3H3. The zero-order valence-electron chi connectivity index (χ0n) is 12.2. The first-order valence-corrected chi connectivity index (χ1v) is 7.59. The normalized spacial score (nSPS) is 11.3. The van der Waals surface area contributed by atoms with Crippen molar-refractivity contribution < 1.29 is 0 Å². The van der Waals surface area contributed by atoms with Crippen molar-refractivity contribution in [3.63, 3.8) is 0 Å². The minimum absolute atomic E-state index is 0.655. The fourth-order valence-corrected chi connectivity index (χ4v) is 2.99. The van der Waals surface area contributed by atoms with Crippen molar-refractivity contribution >= 4 is 34.2 Å². The van der Waals surface area contributed by atoms with Crippen LogP contribution in [0.4, 0.5) is 0 Å². The number of hydrogen-bond donors (Lipinski definition) is 0. The zero-order valence-corrected chi connectivity index (χ0v) is 13.8. The van der Waals surface area contributed by atoms with E-state index in [4.69, 9.17) is 23.2 Å². The van der Waals surface area contributed by atoms with Crippen molar-refractivity contribution in [2.75, 3.05) is 0 Å². The van der Waals surface area contributed by atoms with Gasteiger partial charge in [-0.3, -0.25) is 0 Å². The maximum absolute atomic E-state index is 6.29. The van der Waals surface area contributed by atoms with E-state index in [1.165, 1.54) is 11.1 Å². The molecule has 1 aromatic heterocycles. The van der Waals surface area contributed by atoms with Crippen LogP contribution >= 0.6 is 23.2 Å². The van der Waals surface area contributed by atoms with Crippen LogP contribution in [0.1, 0.15) is 22.5 Å². The lowest BCUT2D eigenvalue weighted by molar-refractivity contribution is 0.786. The van der Waals surface area contributed by atoms with E-state index in [1.807, 2.05) is 19.1 Å². The minimum Gasteiger partial charge on any atom is -0.324 e. The highest BCUT2D eigenvalue weighted by molar-refractivity contribution is 6.35. The van der Waals surface area contributed by atoms with Crippen LogP contribution in [0.3, 0.4) is 0 Å². The van der Waals surface area contributed by atoms with Gasteiger partial charge in [0.1, 0.15) is 5.82 Å². The number of nitrogens with zero attached hydrogens (tertiary/aromatic N) is 2. The maximum atomic E-state index is 6.29. The first-order valence-electron chi connectivity index (χ1n) is 6.83. The first-order chi connectivity index (χ1) is 9.95. The van der Waals surface area contributed by atoms with Gasteiger partial charge < -0.3 is 4.57 Å². The molecule has 2 aromatic carbocycles. The molecule has 0 saturated heterocycles. The van der Waals surface area contributed by atoms with Gasteiger partial charge in [0.15, 0.2) is 0 Å². The van der Waals surface area contributed by atoms with Crippen LogP contribution < -0.4 is 0 Å². The summed E-state index contributed by atoms with van der Waals surface area (Å²) in [4.78, 5) is 4.65. The Balaban J connectivity index is 2.12. The van der Waals surface area contributed by atoms with Gasteiger partial charge in [-0.25, -0.2) is 4.98 Å². The second-order valence-electron chi connectivity index (χ2n) is 5.41. The molecule has 2 nitrogen and oxygen atoms in total. The summed E-state index contributed by atoms with van der Waals surface area (Å²) in [6.07, 6.45) is 0. The van der Waals surface area contributed by atoms with E-state index in [0.29, 0.717) is 16.6 Å². The van der Waals surface area contributed by atoms with E-state index in [0.717, 1.165) is 22.4 Å². The highest BCUT2D eigenvalue weighted by Gasteiger charge is 2.11. The fourth-order valence-electron chi connectivity index (χ4n) is 2.52. The fraction of sp³-hybridized carbons (Fsp3) is 0.235. The number of rotatable bonds is 2. The Bertz CT molecular complexity index is 834. The van der Waals surface area contributed by atoms with E-state index >= 15 is 0 Å². The number of halogens is 2. The third-order valence-corrected chi connectivity index (χ3v) is 4.49. The molecule has 0 saturated carbocycles. The molecule has 0 fully saturated rings. The molecule has 3 rings (SSSR count). The molecule has 0 amide bonds. The number of aryl methyl sites for hydroxylation is 3. The Morgan fingerprint density at radius 1 is 1.00 bits per heavy atom. The van der Waals surface area contributed by atoms with Gasteiger partial charge in [-0.05, 0) is 61.7 Å². The van der Waals surface area contributed by atoms with Crippen LogP contribution in [0.2, 0.25) is 10.0 Å². The molecule has 0 atom stereocenters. The van der Waals surface area contributed by atoms with Crippen LogP contribution in [0.25, 0.3) is 11.0 Å². The van der Waals surface area contributed by atoms with Crippen molar-refractivity contribution in [1.29, 1.82) is 0 Å².